The number of likely N-dealkylation sites (tertiary alicyclic amines) is 1. The highest BCUT2D eigenvalue weighted by Gasteiger charge is 2.29. The van der Waals surface area contributed by atoms with E-state index >= 15 is 0 Å². The van der Waals surface area contributed by atoms with Gasteiger partial charge in [-0.1, -0.05) is 27.2 Å². The van der Waals surface area contributed by atoms with Crippen LogP contribution in [0.3, 0.4) is 0 Å². The van der Waals surface area contributed by atoms with Crippen LogP contribution in [0.25, 0.3) is 0 Å². The van der Waals surface area contributed by atoms with Crippen LogP contribution in [0.1, 0.15) is 73.1 Å². The normalized spacial score (nSPS) is 27.8. The van der Waals surface area contributed by atoms with Gasteiger partial charge in [0.05, 0.1) is 6.61 Å². The summed E-state index contributed by atoms with van der Waals surface area (Å²) in [7, 11) is 0. The first-order valence-corrected chi connectivity index (χ1v) is 8.58. The van der Waals surface area contributed by atoms with Crippen molar-refractivity contribution in [2.75, 3.05) is 13.2 Å². The van der Waals surface area contributed by atoms with Crippen molar-refractivity contribution >= 4 is 0 Å². The molecule has 1 fully saturated rings. The van der Waals surface area contributed by atoms with Crippen LogP contribution in [0, 0.1) is 0 Å². The molecule has 1 unspecified atom stereocenters. The van der Waals surface area contributed by atoms with E-state index in [-0.39, 0.29) is 12.1 Å². The second-order valence-corrected chi connectivity index (χ2v) is 7.06. The fourth-order valence-electron chi connectivity index (χ4n) is 3.72. The number of hydrogen-bond acceptors (Lipinski definition) is 3. The molecule has 1 rings (SSSR count). The van der Waals surface area contributed by atoms with E-state index in [0.717, 1.165) is 24.9 Å². The summed E-state index contributed by atoms with van der Waals surface area (Å²) >= 11 is 0. The van der Waals surface area contributed by atoms with Crippen molar-refractivity contribution in [3.63, 3.8) is 0 Å². The van der Waals surface area contributed by atoms with Gasteiger partial charge in [-0.05, 0) is 52.5 Å². The summed E-state index contributed by atoms with van der Waals surface area (Å²) < 4.78 is 0. The van der Waals surface area contributed by atoms with Crippen molar-refractivity contribution in [3.8, 4) is 0 Å². The number of hydrogen-bond donors (Lipinski definition) is 2. The maximum absolute atomic E-state index is 9.79. The lowest BCUT2D eigenvalue weighted by molar-refractivity contribution is 0.0875. The fourth-order valence-corrected chi connectivity index (χ4v) is 3.72. The standard InChI is InChI=1S/C17H36N2O/c1-6-17(13-20,18-14(2)3)11-8-12-19-15(4)9-7-10-16(19)5/h14-16,18,20H,6-13H2,1-5H3/t15-,16+,17?. The van der Waals surface area contributed by atoms with Crippen LogP contribution < -0.4 is 5.32 Å². The average molecular weight is 284 g/mol. The molecule has 0 amide bonds. The van der Waals surface area contributed by atoms with E-state index in [2.05, 4.69) is 44.8 Å². The molecule has 2 N–H and O–H groups in total. The van der Waals surface area contributed by atoms with Crippen molar-refractivity contribution in [1.29, 1.82) is 0 Å². The van der Waals surface area contributed by atoms with E-state index in [1.807, 2.05) is 0 Å². The maximum Gasteiger partial charge on any atom is 0.0613 e. The fraction of sp³-hybridized carbons (Fsp3) is 1.00. The van der Waals surface area contributed by atoms with Crippen LogP contribution in [0.5, 0.6) is 0 Å². The molecular weight excluding hydrogens is 248 g/mol. The minimum atomic E-state index is -0.0869. The Morgan fingerprint density at radius 2 is 1.85 bits per heavy atom. The third-order valence-electron chi connectivity index (χ3n) is 5.02. The Morgan fingerprint density at radius 1 is 1.25 bits per heavy atom. The van der Waals surface area contributed by atoms with Crippen LogP contribution in [-0.2, 0) is 0 Å². The van der Waals surface area contributed by atoms with Gasteiger partial charge in [-0.25, -0.2) is 0 Å². The monoisotopic (exact) mass is 284 g/mol. The lowest BCUT2D eigenvalue weighted by atomic mass is 9.89. The lowest BCUT2D eigenvalue weighted by Gasteiger charge is -2.40. The molecule has 120 valence electrons. The van der Waals surface area contributed by atoms with Gasteiger partial charge in [-0.2, -0.15) is 0 Å². The average Bonchev–Trinajstić information content (AvgIpc) is 2.40. The van der Waals surface area contributed by atoms with Gasteiger partial charge in [-0.3, -0.25) is 4.90 Å². The van der Waals surface area contributed by atoms with Gasteiger partial charge < -0.3 is 10.4 Å². The molecule has 0 aromatic carbocycles. The third-order valence-corrected chi connectivity index (χ3v) is 5.02. The number of aliphatic hydroxyl groups excluding tert-OH is 1. The summed E-state index contributed by atoms with van der Waals surface area (Å²) in [6.45, 7) is 12.6. The Kier molecular flexibility index (Phi) is 7.49. The van der Waals surface area contributed by atoms with Crippen molar-refractivity contribution in [1.82, 2.24) is 10.2 Å². The SMILES string of the molecule is CCC(CO)(CCCN1[C@H](C)CCC[C@@H]1C)NC(C)C. The lowest BCUT2D eigenvalue weighted by Crippen LogP contribution is -2.52. The zero-order valence-electron chi connectivity index (χ0n) is 14.3. The first-order chi connectivity index (χ1) is 9.44. The largest absolute Gasteiger partial charge is 0.394 e. The Bertz CT molecular complexity index is 254. The predicted octanol–water partition coefficient (Wildman–Crippen LogP) is 3.17. The van der Waals surface area contributed by atoms with Gasteiger partial charge in [0.2, 0.25) is 0 Å². The van der Waals surface area contributed by atoms with Crippen molar-refractivity contribution in [3.05, 3.63) is 0 Å². The molecular formula is C17H36N2O. The van der Waals surface area contributed by atoms with E-state index in [4.69, 9.17) is 0 Å². The van der Waals surface area contributed by atoms with Crippen molar-refractivity contribution in [2.24, 2.45) is 0 Å². The molecule has 0 bridgehead atoms. The van der Waals surface area contributed by atoms with Crippen molar-refractivity contribution < 1.29 is 5.11 Å². The van der Waals surface area contributed by atoms with E-state index in [1.165, 1.54) is 32.2 Å². The van der Waals surface area contributed by atoms with Gasteiger partial charge in [0.15, 0.2) is 0 Å². The smallest absolute Gasteiger partial charge is 0.0613 e. The number of nitrogens with zero attached hydrogens (tertiary/aromatic N) is 1. The molecule has 0 aliphatic carbocycles. The summed E-state index contributed by atoms with van der Waals surface area (Å²) in [6.07, 6.45) is 7.29. The van der Waals surface area contributed by atoms with E-state index in [0.29, 0.717) is 6.04 Å². The Balaban J connectivity index is 2.47. The Morgan fingerprint density at radius 3 is 2.30 bits per heavy atom. The summed E-state index contributed by atoms with van der Waals surface area (Å²) in [5, 5.41) is 13.4. The van der Waals surface area contributed by atoms with Crippen LogP contribution in [0.4, 0.5) is 0 Å². The minimum Gasteiger partial charge on any atom is -0.394 e. The molecule has 0 spiro atoms. The molecule has 3 nitrogen and oxygen atoms in total. The predicted molar refractivity (Wildman–Crippen MR) is 87.1 cm³/mol. The van der Waals surface area contributed by atoms with Crippen molar-refractivity contribution in [2.45, 2.75) is 96.8 Å². The highest BCUT2D eigenvalue weighted by molar-refractivity contribution is 4.88. The highest BCUT2D eigenvalue weighted by Crippen LogP contribution is 2.24. The maximum atomic E-state index is 9.79. The number of rotatable bonds is 8. The first kappa shape index (κ1) is 17.9. The van der Waals surface area contributed by atoms with Gasteiger partial charge in [0, 0.05) is 23.7 Å². The zero-order chi connectivity index (χ0) is 15.2. The molecule has 20 heavy (non-hydrogen) atoms. The second-order valence-electron chi connectivity index (χ2n) is 7.06. The van der Waals surface area contributed by atoms with Gasteiger partial charge in [0.25, 0.3) is 0 Å². The summed E-state index contributed by atoms with van der Waals surface area (Å²) in [4.78, 5) is 2.66. The molecule has 1 heterocycles. The van der Waals surface area contributed by atoms with E-state index in [9.17, 15) is 5.11 Å². The van der Waals surface area contributed by atoms with E-state index < -0.39 is 0 Å². The molecule has 0 radical (unpaired) electrons. The molecule has 1 aliphatic rings. The van der Waals surface area contributed by atoms with Crippen LogP contribution in [-0.4, -0.2) is 46.8 Å². The number of aliphatic hydroxyl groups is 1. The molecule has 3 atom stereocenters. The quantitative estimate of drug-likeness (QED) is 0.718. The third kappa shape index (κ3) is 5.01. The van der Waals surface area contributed by atoms with Crippen LogP contribution >= 0.6 is 0 Å². The molecule has 0 saturated carbocycles. The van der Waals surface area contributed by atoms with Crippen LogP contribution in [0.2, 0.25) is 0 Å². The zero-order valence-corrected chi connectivity index (χ0v) is 14.3. The summed E-state index contributed by atoms with van der Waals surface area (Å²) in [5.41, 5.74) is -0.0869. The van der Waals surface area contributed by atoms with Gasteiger partial charge >= 0.3 is 0 Å². The summed E-state index contributed by atoms with van der Waals surface area (Å²) in [6, 6.07) is 1.87. The first-order valence-electron chi connectivity index (χ1n) is 8.58. The molecule has 0 aromatic rings. The number of piperidine rings is 1. The molecule has 0 aromatic heterocycles. The Labute approximate surface area is 126 Å². The minimum absolute atomic E-state index is 0.0869. The topological polar surface area (TPSA) is 35.5 Å². The highest BCUT2D eigenvalue weighted by atomic mass is 16.3. The van der Waals surface area contributed by atoms with Crippen LogP contribution in [0.15, 0.2) is 0 Å². The number of nitrogens with one attached hydrogen (secondary N) is 1. The van der Waals surface area contributed by atoms with Gasteiger partial charge in [0.1, 0.15) is 0 Å². The second kappa shape index (κ2) is 8.35. The van der Waals surface area contributed by atoms with Gasteiger partial charge in [-0.15, -0.1) is 0 Å². The molecule has 1 saturated heterocycles. The molecule has 1 aliphatic heterocycles. The molecule has 3 heteroatoms. The van der Waals surface area contributed by atoms with E-state index in [1.54, 1.807) is 0 Å². The summed E-state index contributed by atoms with van der Waals surface area (Å²) in [5.74, 6) is 0. The Hall–Kier alpha value is -0.120.